The molecule has 0 bridgehead atoms. The van der Waals surface area contributed by atoms with Crippen molar-refractivity contribution in [3.63, 3.8) is 0 Å². The number of rotatable bonds is 8. The van der Waals surface area contributed by atoms with Crippen LogP contribution in [0.4, 0.5) is 0 Å². The molecule has 0 heterocycles. The first-order valence-corrected chi connectivity index (χ1v) is 9.15. The molecular weight excluding hydrogens is 278 g/mol. The molecule has 0 atom stereocenters. The molecule has 1 N–H and O–H groups in total. The second kappa shape index (κ2) is 12.9. The van der Waals surface area contributed by atoms with Crippen molar-refractivity contribution in [2.75, 3.05) is 13.1 Å². The third kappa shape index (κ3) is 9.91. The summed E-state index contributed by atoms with van der Waals surface area (Å²) in [7, 11) is 0. The lowest BCUT2D eigenvalue weighted by Gasteiger charge is -2.19. The van der Waals surface area contributed by atoms with Crippen molar-refractivity contribution in [1.82, 2.24) is 0 Å². The highest BCUT2D eigenvalue weighted by atomic mass is 15.1. The standard InChI is InChI=1S/C15H25N.C7H8/c1-3-5-12-16(13-6-4-2)14-15-10-8-7-9-11-15;1-7-5-3-2-4-6-7/h7-11H,3-6,12-14H2,1-2H3;2-6H,1H3/p+1. The molecule has 0 aliphatic rings. The lowest BCUT2D eigenvalue weighted by atomic mass is 10.2. The molecule has 1 heteroatoms. The van der Waals surface area contributed by atoms with Crippen LogP contribution >= 0.6 is 0 Å². The van der Waals surface area contributed by atoms with E-state index in [1.54, 1.807) is 4.90 Å². The molecule has 0 saturated carbocycles. The molecule has 0 aliphatic heterocycles. The normalized spacial score (nSPS) is 10.3. The Labute approximate surface area is 143 Å². The average Bonchev–Trinajstić information content (AvgIpc) is 2.59. The minimum absolute atomic E-state index is 1.20. The van der Waals surface area contributed by atoms with Crippen molar-refractivity contribution in [1.29, 1.82) is 0 Å². The smallest absolute Gasteiger partial charge is 0.103 e. The van der Waals surface area contributed by atoms with Gasteiger partial charge in [0.1, 0.15) is 6.54 Å². The molecule has 0 aliphatic carbocycles. The van der Waals surface area contributed by atoms with Crippen LogP contribution < -0.4 is 4.90 Å². The van der Waals surface area contributed by atoms with Crippen LogP contribution in [0.25, 0.3) is 0 Å². The van der Waals surface area contributed by atoms with Crippen molar-refractivity contribution in [3.05, 3.63) is 71.8 Å². The van der Waals surface area contributed by atoms with Crippen molar-refractivity contribution >= 4 is 0 Å². The molecule has 2 rings (SSSR count). The van der Waals surface area contributed by atoms with Crippen molar-refractivity contribution < 1.29 is 4.90 Å². The number of quaternary nitrogens is 1. The van der Waals surface area contributed by atoms with Crippen LogP contribution in [-0.2, 0) is 6.54 Å². The van der Waals surface area contributed by atoms with Crippen molar-refractivity contribution in [3.8, 4) is 0 Å². The van der Waals surface area contributed by atoms with Crippen molar-refractivity contribution in [2.45, 2.75) is 53.0 Å². The van der Waals surface area contributed by atoms with E-state index in [1.807, 2.05) is 18.2 Å². The van der Waals surface area contributed by atoms with Gasteiger partial charge in [0.2, 0.25) is 0 Å². The second-order valence-electron chi connectivity index (χ2n) is 6.27. The first-order chi connectivity index (χ1) is 11.3. The summed E-state index contributed by atoms with van der Waals surface area (Å²) in [5.74, 6) is 0. The van der Waals surface area contributed by atoms with Gasteiger partial charge in [0.15, 0.2) is 0 Å². The fourth-order valence-corrected chi connectivity index (χ4v) is 2.57. The summed E-state index contributed by atoms with van der Waals surface area (Å²) in [4.78, 5) is 1.75. The second-order valence-corrected chi connectivity index (χ2v) is 6.27. The third-order valence-corrected chi connectivity index (χ3v) is 4.01. The van der Waals surface area contributed by atoms with Crippen LogP contribution in [0.15, 0.2) is 60.7 Å². The zero-order valence-electron chi connectivity index (χ0n) is 15.2. The summed E-state index contributed by atoms with van der Waals surface area (Å²) < 4.78 is 0. The Hall–Kier alpha value is -1.60. The van der Waals surface area contributed by atoms with Gasteiger partial charge in [0.05, 0.1) is 13.1 Å². The van der Waals surface area contributed by atoms with Gasteiger partial charge in [-0.1, -0.05) is 92.9 Å². The molecule has 1 nitrogen and oxygen atoms in total. The Kier molecular flexibility index (Phi) is 10.9. The van der Waals surface area contributed by atoms with Gasteiger partial charge in [-0.2, -0.15) is 0 Å². The SMILES string of the molecule is CCCC[NH+](CCCC)Cc1ccccc1.Cc1ccccc1. The van der Waals surface area contributed by atoms with Crippen LogP contribution in [0.2, 0.25) is 0 Å². The lowest BCUT2D eigenvalue weighted by Crippen LogP contribution is -3.10. The zero-order valence-corrected chi connectivity index (χ0v) is 15.2. The Balaban J connectivity index is 0.000000313. The summed E-state index contributed by atoms with van der Waals surface area (Å²) >= 11 is 0. The minimum Gasteiger partial charge on any atom is -0.331 e. The van der Waals surface area contributed by atoms with Crippen molar-refractivity contribution in [2.24, 2.45) is 0 Å². The maximum Gasteiger partial charge on any atom is 0.103 e. The maximum atomic E-state index is 2.28. The van der Waals surface area contributed by atoms with Gasteiger partial charge in [0.25, 0.3) is 0 Å². The molecule has 2 aromatic carbocycles. The molecule has 0 amide bonds. The number of aryl methyl sites for hydroxylation is 1. The van der Waals surface area contributed by atoms with Gasteiger partial charge in [0, 0.05) is 5.56 Å². The van der Waals surface area contributed by atoms with Crippen LogP contribution in [0.1, 0.15) is 50.7 Å². The van der Waals surface area contributed by atoms with Gasteiger partial charge >= 0.3 is 0 Å². The molecule has 0 radical (unpaired) electrons. The Morgan fingerprint density at radius 1 is 0.696 bits per heavy atom. The van der Waals surface area contributed by atoms with Crippen LogP contribution in [-0.4, -0.2) is 13.1 Å². The average molecular weight is 313 g/mol. The van der Waals surface area contributed by atoms with Crippen LogP contribution in [0, 0.1) is 6.92 Å². The lowest BCUT2D eigenvalue weighted by molar-refractivity contribution is -0.914. The monoisotopic (exact) mass is 312 g/mol. The first-order valence-electron chi connectivity index (χ1n) is 9.15. The quantitative estimate of drug-likeness (QED) is 0.722. The highest BCUT2D eigenvalue weighted by Crippen LogP contribution is 1.96. The molecule has 126 valence electrons. The van der Waals surface area contributed by atoms with E-state index >= 15 is 0 Å². The molecular formula is C22H34N+. The molecule has 23 heavy (non-hydrogen) atoms. The van der Waals surface area contributed by atoms with Gasteiger partial charge in [-0.3, -0.25) is 0 Å². The topological polar surface area (TPSA) is 4.44 Å². The number of benzene rings is 2. The predicted molar refractivity (Wildman–Crippen MR) is 102 cm³/mol. The summed E-state index contributed by atoms with van der Waals surface area (Å²) in [5.41, 5.74) is 2.80. The Morgan fingerprint density at radius 3 is 1.57 bits per heavy atom. The van der Waals surface area contributed by atoms with E-state index in [9.17, 15) is 0 Å². The van der Waals surface area contributed by atoms with Gasteiger partial charge in [-0.05, 0) is 19.8 Å². The van der Waals surface area contributed by atoms with Gasteiger partial charge in [-0.15, -0.1) is 0 Å². The summed E-state index contributed by atoms with van der Waals surface area (Å²) in [6.45, 7) is 10.5. The van der Waals surface area contributed by atoms with E-state index in [1.165, 1.54) is 56.4 Å². The summed E-state index contributed by atoms with van der Waals surface area (Å²) in [6.07, 6.45) is 5.33. The van der Waals surface area contributed by atoms with E-state index in [0.29, 0.717) is 0 Å². The van der Waals surface area contributed by atoms with Gasteiger partial charge in [-0.25, -0.2) is 0 Å². The summed E-state index contributed by atoms with van der Waals surface area (Å²) in [6, 6.07) is 21.1. The number of nitrogens with one attached hydrogen (secondary N) is 1. The van der Waals surface area contributed by atoms with Crippen LogP contribution in [0.3, 0.4) is 0 Å². The molecule has 0 saturated heterocycles. The van der Waals surface area contributed by atoms with E-state index < -0.39 is 0 Å². The van der Waals surface area contributed by atoms with E-state index in [4.69, 9.17) is 0 Å². The molecule has 0 fully saturated rings. The highest BCUT2D eigenvalue weighted by Gasteiger charge is 2.07. The highest BCUT2D eigenvalue weighted by molar-refractivity contribution is 5.13. The molecule has 0 spiro atoms. The Morgan fingerprint density at radius 2 is 1.17 bits per heavy atom. The predicted octanol–water partition coefficient (Wildman–Crippen LogP) is 4.67. The third-order valence-electron chi connectivity index (χ3n) is 4.01. The number of hydrogen-bond donors (Lipinski definition) is 1. The molecule has 0 aromatic heterocycles. The molecule has 0 unspecified atom stereocenters. The summed E-state index contributed by atoms with van der Waals surface area (Å²) in [5, 5.41) is 0. The molecule has 2 aromatic rings. The van der Waals surface area contributed by atoms with Crippen LogP contribution in [0.5, 0.6) is 0 Å². The van der Waals surface area contributed by atoms with E-state index in [2.05, 4.69) is 63.2 Å². The largest absolute Gasteiger partial charge is 0.331 e. The first kappa shape index (κ1) is 19.4. The van der Waals surface area contributed by atoms with Gasteiger partial charge < -0.3 is 4.90 Å². The minimum atomic E-state index is 1.20. The number of hydrogen-bond acceptors (Lipinski definition) is 0. The Bertz CT molecular complexity index is 470. The zero-order chi connectivity index (χ0) is 16.8. The van der Waals surface area contributed by atoms with E-state index in [0.717, 1.165) is 0 Å². The fraction of sp³-hybridized carbons (Fsp3) is 0.455. The van der Waals surface area contributed by atoms with E-state index in [-0.39, 0.29) is 0 Å². The maximum absolute atomic E-state index is 2.28. The fourth-order valence-electron chi connectivity index (χ4n) is 2.57. The number of unbranched alkanes of at least 4 members (excludes halogenated alkanes) is 2.